The molecule has 14 heavy (non-hydrogen) atoms. The van der Waals surface area contributed by atoms with Gasteiger partial charge in [-0.25, -0.2) is 0 Å². The van der Waals surface area contributed by atoms with Gasteiger partial charge in [0.2, 0.25) is 0 Å². The minimum absolute atomic E-state index is 0.0533. The lowest BCUT2D eigenvalue weighted by atomic mass is 9.93. The minimum Gasteiger partial charge on any atom is -0.324 e. The van der Waals surface area contributed by atoms with Gasteiger partial charge >= 0.3 is 0 Å². The first kappa shape index (κ1) is 12.0. The van der Waals surface area contributed by atoms with Gasteiger partial charge in [-0.05, 0) is 38.6 Å². The highest BCUT2D eigenvalue weighted by molar-refractivity contribution is 4.91. The number of hydrogen-bond acceptors (Lipinski definition) is 2. The largest absolute Gasteiger partial charge is 0.324 e. The molecular formula is C12H26N2. The first-order chi connectivity index (χ1) is 6.65. The first-order valence-electron chi connectivity index (χ1n) is 6.18. The zero-order valence-electron chi connectivity index (χ0n) is 10.1. The van der Waals surface area contributed by atoms with E-state index >= 15 is 0 Å². The maximum absolute atomic E-state index is 6.35. The van der Waals surface area contributed by atoms with Crippen LogP contribution in [0, 0.1) is 0 Å². The summed E-state index contributed by atoms with van der Waals surface area (Å²) in [7, 11) is 0. The zero-order chi connectivity index (χ0) is 10.6. The van der Waals surface area contributed by atoms with Crippen molar-refractivity contribution in [3.05, 3.63) is 0 Å². The van der Waals surface area contributed by atoms with E-state index in [1.165, 1.54) is 25.8 Å². The summed E-state index contributed by atoms with van der Waals surface area (Å²) in [5.41, 5.74) is 6.40. The number of hydrogen-bond donors (Lipinski definition) is 1. The van der Waals surface area contributed by atoms with Crippen LogP contribution in [0.4, 0.5) is 0 Å². The highest BCUT2D eigenvalue weighted by Crippen LogP contribution is 2.29. The average Bonchev–Trinajstić information content (AvgIpc) is 3.00. The van der Waals surface area contributed by atoms with Gasteiger partial charge in [0.25, 0.3) is 0 Å². The lowest BCUT2D eigenvalue weighted by molar-refractivity contribution is 0.191. The molecule has 1 aliphatic rings. The predicted octanol–water partition coefficient (Wildman–Crippen LogP) is 2.38. The fraction of sp³-hybridized carbons (Fsp3) is 1.00. The molecule has 2 nitrogen and oxygen atoms in total. The van der Waals surface area contributed by atoms with Gasteiger partial charge in [0.15, 0.2) is 0 Å². The van der Waals surface area contributed by atoms with E-state index in [4.69, 9.17) is 5.73 Å². The smallest absolute Gasteiger partial charge is 0.0278 e. The van der Waals surface area contributed by atoms with Gasteiger partial charge in [-0.3, -0.25) is 4.90 Å². The molecule has 0 unspecified atom stereocenters. The van der Waals surface area contributed by atoms with E-state index in [-0.39, 0.29) is 5.54 Å². The molecule has 0 aliphatic heterocycles. The van der Waals surface area contributed by atoms with Crippen molar-refractivity contribution in [2.75, 3.05) is 13.1 Å². The Kier molecular flexibility index (Phi) is 4.39. The SMILES string of the molecule is CCCN(CC(N)(CC)CC)C1CC1. The van der Waals surface area contributed by atoms with E-state index in [0.29, 0.717) is 0 Å². The fourth-order valence-electron chi connectivity index (χ4n) is 2.00. The minimum atomic E-state index is 0.0533. The van der Waals surface area contributed by atoms with Crippen molar-refractivity contribution in [3.63, 3.8) is 0 Å². The summed E-state index contributed by atoms with van der Waals surface area (Å²) < 4.78 is 0. The van der Waals surface area contributed by atoms with Crippen molar-refractivity contribution in [3.8, 4) is 0 Å². The van der Waals surface area contributed by atoms with Gasteiger partial charge in [0.1, 0.15) is 0 Å². The van der Waals surface area contributed by atoms with Crippen molar-refractivity contribution in [2.45, 2.75) is 64.5 Å². The van der Waals surface area contributed by atoms with Crippen molar-refractivity contribution in [1.29, 1.82) is 0 Å². The van der Waals surface area contributed by atoms with Crippen LogP contribution >= 0.6 is 0 Å². The number of nitrogens with two attached hydrogens (primary N) is 1. The van der Waals surface area contributed by atoms with Crippen LogP contribution in [0.25, 0.3) is 0 Å². The van der Waals surface area contributed by atoms with E-state index < -0.39 is 0 Å². The monoisotopic (exact) mass is 198 g/mol. The maximum Gasteiger partial charge on any atom is 0.0278 e. The summed E-state index contributed by atoms with van der Waals surface area (Å²) in [6, 6.07) is 0.857. The van der Waals surface area contributed by atoms with Crippen LogP contribution in [0.2, 0.25) is 0 Å². The van der Waals surface area contributed by atoms with Gasteiger partial charge in [0.05, 0.1) is 0 Å². The second-order valence-corrected chi connectivity index (χ2v) is 4.77. The van der Waals surface area contributed by atoms with Crippen LogP contribution in [0.5, 0.6) is 0 Å². The van der Waals surface area contributed by atoms with E-state index in [1.54, 1.807) is 0 Å². The topological polar surface area (TPSA) is 29.3 Å². The second-order valence-electron chi connectivity index (χ2n) is 4.77. The molecule has 1 aliphatic carbocycles. The zero-order valence-corrected chi connectivity index (χ0v) is 10.1. The predicted molar refractivity (Wildman–Crippen MR) is 62.4 cm³/mol. The van der Waals surface area contributed by atoms with Crippen LogP contribution in [0.3, 0.4) is 0 Å². The summed E-state index contributed by atoms with van der Waals surface area (Å²) >= 11 is 0. The van der Waals surface area contributed by atoms with Crippen molar-refractivity contribution in [1.82, 2.24) is 4.90 Å². The van der Waals surface area contributed by atoms with Crippen LogP contribution in [0.1, 0.15) is 52.9 Å². The van der Waals surface area contributed by atoms with E-state index in [1.807, 2.05) is 0 Å². The molecule has 2 N–H and O–H groups in total. The Bertz CT molecular complexity index is 160. The maximum atomic E-state index is 6.35. The van der Waals surface area contributed by atoms with Crippen LogP contribution in [0.15, 0.2) is 0 Å². The van der Waals surface area contributed by atoms with Crippen LogP contribution in [-0.2, 0) is 0 Å². The Labute approximate surface area is 88.8 Å². The van der Waals surface area contributed by atoms with E-state index in [0.717, 1.165) is 25.4 Å². The van der Waals surface area contributed by atoms with Crippen LogP contribution in [-0.4, -0.2) is 29.6 Å². The van der Waals surface area contributed by atoms with Crippen molar-refractivity contribution < 1.29 is 0 Å². The Balaban J connectivity index is 2.43. The Morgan fingerprint density at radius 3 is 2.14 bits per heavy atom. The standard InChI is InChI=1S/C12H26N2/c1-4-9-14(11-7-8-11)10-12(13,5-2)6-3/h11H,4-10,13H2,1-3H3. The molecule has 0 amide bonds. The molecule has 0 saturated heterocycles. The molecule has 0 radical (unpaired) electrons. The molecule has 0 aromatic rings. The molecule has 0 heterocycles. The van der Waals surface area contributed by atoms with Gasteiger partial charge in [0, 0.05) is 18.1 Å². The molecular weight excluding hydrogens is 172 g/mol. The molecule has 1 saturated carbocycles. The van der Waals surface area contributed by atoms with Crippen LogP contribution < -0.4 is 5.73 Å². The Morgan fingerprint density at radius 1 is 1.21 bits per heavy atom. The lowest BCUT2D eigenvalue weighted by Gasteiger charge is -2.34. The van der Waals surface area contributed by atoms with Gasteiger partial charge in [-0.2, -0.15) is 0 Å². The number of rotatable bonds is 7. The van der Waals surface area contributed by atoms with E-state index in [2.05, 4.69) is 25.7 Å². The summed E-state index contributed by atoms with van der Waals surface area (Å²) in [6.07, 6.45) is 6.22. The van der Waals surface area contributed by atoms with Crippen molar-refractivity contribution >= 4 is 0 Å². The van der Waals surface area contributed by atoms with Gasteiger partial charge in [-0.15, -0.1) is 0 Å². The quantitative estimate of drug-likeness (QED) is 0.680. The number of nitrogens with zero attached hydrogens (tertiary/aromatic N) is 1. The molecule has 1 fully saturated rings. The van der Waals surface area contributed by atoms with Gasteiger partial charge in [-0.1, -0.05) is 20.8 Å². The molecule has 0 aromatic carbocycles. The Hall–Kier alpha value is -0.0800. The molecule has 0 spiro atoms. The summed E-state index contributed by atoms with van der Waals surface area (Å²) in [4.78, 5) is 2.60. The molecule has 0 aromatic heterocycles. The third-order valence-electron chi connectivity index (χ3n) is 3.50. The normalized spacial score (nSPS) is 17.8. The lowest BCUT2D eigenvalue weighted by Crippen LogP contribution is -2.50. The fourth-order valence-corrected chi connectivity index (χ4v) is 2.00. The average molecular weight is 198 g/mol. The highest BCUT2D eigenvalue weighted by atomic mass is 15.2. The van der Waals surface area contributed by atoms with Gasteiger partial charge < -0.3 is 5.73 Å². The van der Waals surface area contributed by atoms with Crippen molar-refractivity contribution in [2.24, 2.45) is 5.73 Å². The highest BCUT2D eigenvalue weighted by Gasteiger charge is 2.33. The first-order valence-corrected chi connectivity index (χ1v) is 6.18. The summed E-state index contributed by atoms with van der Waals surface area (Å²) in [5.74, 6) is 0. The molecule has 84 valence electrons. The Morgan fingerprint density at radius 2 is 1.79 bits per heavy atom. The van der Waals surface area contributed by atoms with E-state index in [9.17, 15) is 0 Å². The summed E-state index contributed by atoms with van der Waals surface area (Å²) in [6.45, 7) is 8.99. The molecule has 0 atom stereocenters. The molecule has 2 heteroatoms. The third-order valence-corrected chi connectivity index (χ3v) is 3.50. The molecule has 1 rings (SSSR count). The molecule has 0 bridgehead atoms. The summed E-state index contributed by atoms with van der Waals surface area (Å²) in [5, 5.41) is 0. The second kappa shape index (κ2) is 5.13. The third kappa shape index (κ3) is 3.25.